The number of halogens is 1. The van der Waals surface area contributed by atoms with E-state index in [0.29, 0.717) is 11.3 Å². The maximum absolute atomic E-state index is 13.5. The van der Waals surface area contributed by atoms with E-state index in [-0.39, 0.29) is 18.3 Å². The summed E-state index contributed by atoms with van der Waals surface area (Å²) in [5.74, 6) is -0.650. The predicted molar refractivity (Wildman–Crippen MR) is 108 cm³/mol. The van der Waals surface area contributed by atoms with Crippen molar-refractivity contribution in [1.82, 2.24) is 4.98 Å². The number of allylic oxidation sites excluding steroid dienone is 1. The van der Waals surface area contributed by atoms with Gasteiger partial charge in [-0.15, -0.1) is 0 Å². The summed E-state index contributed by atoms with van der Waals surface area (Å²) in [6, 6.07) is 6.23. The molecule has 2 rings (SSSR count). The van der Waals surface area contributed by atoms with Gasteiger partial charge in [-0.2, -0.15) is 0 Å². The minimum atomic E-state index is -0.391. The van der Waals surface area contributed by atoms with Gasteiger partial charge in [0, 0.05) is 16.8 Å². The molecule has 1 heterocycles. The molecule has 0 spiro atoms. The second-order valence-corrected chi connectivity index (χ2v) is 6.82. The first-order valence-corrected chi connectivity index (χ1v) is 9.54. The molecule has 0 N–H and O–H groups in total. The average Bonchev–Trinajstić information content (AvgIpc) is 2.63. The number of carbonyl (C=O) groups is 1. The lowest BCUT2D eigenvalue weighted by molar-refractivity contribution is 0.0525. The molecule has 4 heteroatoms. The Bertz CT molecular complexity index is 823. The Labute approximate surface area is 161 Å². The molecule has 0 saturated heterocycles. The minimum absolute atomic E-state index is 0.0518. The smallest absolute Gasteiger partial charge is 0.340 e. The highest BCUT2D eigenvalue weighted by molar-refractivity contribution is 6.01. The summed E-state index contributed by atoms with van der Waals surface area (Å²) in [4.78, 5) is 17.6. The molecule has 0 aliphatic rings. The lowest BCUT2D eigenvalue weighted by Gasteiger charge is -2.20. The molecule has 0 aliphatic heterocycles. The number of ether oxygens (including phenoxy) is 1. The molecule has 1 aromatic carbocycles. The van der Waals surface area contributed by atoms with E-state index in [9.17, 15) is 9.18 Å². The molecule has 0 unspecified atom stereocenters. The van der Waals surface area contributed by atoms with Crippen LogP contribution < -0.4 is 0 Å². The molecule has 0 atom stereocenters. The lowest BCUT2D eigenvalue weighted by atomic mass is 9.89. The second-order valence-electron chi connectivity index (χ2n) is 6.82. The van der Waals surface area contributed by atoms with Gasteiger partial charge in [0.1, 0.15) is 5.82 Å². The van der Waals surface area contributed by atoms with Gasteiger partial charge in [-0.25, -0.2) is 9.18 Å². The van der Waals surface area contributed by atoms with Gasteiger partial charge in [-0.1, -0.05) is 51.5 Å². The zero-order chi connectivity index (χ0) is 20.0. The fourth-order valence-corrected chi connectivity index (χ4v) is 3.06. The first kappa shape index (κ1) is 20.8. The topological polar surface area (TPSA) is 39.2 Å². The Balaban J connectivity index is 2.85. The van der Waals surface area contributed by atoms with Crippen molar-refractivity contribution < 1.29 is 13.9 Å². The number of esters is 1. The zero-order valence-corrected chi connectivity index (χ0v) is 16.8. The van der Waals surface area contributed by atoms with Gasteiger partial charge >= 0.3 is 5.97 Å². The molecule has 2 aromatic rings. The first-order valence-electron chi connectivity index (χ1n) is 9.54. The predicted octanol–water partition coefficient (Wildman–Crippen LogP) is 6.31. The van der Waals surface area contributed by atoms with Crippen LogP contribution in [0.15, 0.2) is 30.3 Å². The summed E-state index contributed by atoms with van der Waals surface area (Å²) in [5, 5.41) is 0. The molecule has 0 bridgehead atoms. The number of unbranched alkanes of at least 4 members (excludes halogenated alkanes) is 1. The van der Waals surface area contributed by atoms with E-state index in [4.69, 9.17) is 9.72 Å². The highest BCUT2D eigenvalue weighted by atomic mass is 19.1. The largest absolute Gasteiger partial charge is 0.462 e. The summed E-state index contributed by atoms with van der Waals surface area (Å²) < 4.78 is 18.8. The maximum Gasteiger partial charge on any atom is 0.340 e. The molecule has 1 aromatic heterocycles. The molecule has 0 fully saturated rings. The fourth-order valence-electron chi connectivity index (χ4n) is 3.06. The average molecular weight is 369 g/mol. The van der Waals surface area contributed by atoms with E-state index >= 15 is 0 Å². The molecule has 0 radical (unpaired) electrons. The van der Waals surface area contributed by atoms with Crippen LogP contribution in [0.25, 0.3) is 17.2 Å². The Morgan fingerprint density at radius 2 is 1.89 bits per heavy atom. The Morgan fingerprint density at radius 3 is 2.44 bits per heavy atom. The number of hydrogen-bond donors (Lipinski definition) is 0. The summed E-state index contributed by atoms with van der Waals surface area (Å²) in [6.07, 6.45) is 6.06. The van der Waals surface area contributed by atoms with E-state index in [0.717, 1.165) is 35.2 Å². The lowest BCUT2D eigenvalue weighted by Crippen LogP contribution is -2.15. The number of aryl methyl sites for hydroxylation is 1. The van der Waals surface area contributed by atoms with E-state index in [1.165, 1.54) is 12.1 Å². The first-order chi connectivity index (χ1) is 12.9. The van der Waals surface area contributed by atoms with Crippen LogP contribution in [-0.4, -0.2) is 17.6 Å². The van der Waals surface area contributed by atoms with Crippen molar-refractivity contribution in [3.05, 3.63) is 58.7 Å². The third kappa shape index (κ3) is 4.82. The van der Waals surface area contributed by atoms with Crippen molar-refractivity contribution in [2.45, 2.75) is 53.4 Å². The van der Waals surface area contributed by atoms with Crippen LogP contribution in [0.3, 0.4) is 0 Å². The zero-order valence-electron chi connectivity index (χ0n) is 16.8. The fraction of sp³-hybridized carbons (Fsp3) is 0.391. The van der Waals surface area contributed by atoms with Crippen molar-refractivity contribution in [3.63, 3.8) is 0 Å². The molecular weight excluding hydrogens is 341 g/mol. The minimum Gasteiger partial charge on any atom is -0.462 e. The van der Waals surface area contributed by atoms with Crippen molar-refractivity contribution in [2.75, 3.05) is 6.61 Å². The van der Waals surface area contributed by atoms with Gasteiger partial charge in [0.05, 0.1) is 17.9 Å². The second kappa shape index (κ2) is 9.45. The van der Waals surface area contributed by atoms with Crippen molar-refractivity contribution in [3.8, 4) is 11.1 Å². The molecule has 27 heavy (non-hydrogen) atoms. The van der Waals surface area contributed by atoms with Crippen LogP contribution in [0.1, 0.15) is 73.8 Å². The molecule has 0 aliphatic carbocycles. The van der Waals surface area contributed by atoms with E-state index in [1.807, 2.05) is 26.8 Å². The van der Waals surface area contributed by atoms with Crippen LogP contribution in [-0.2, 0) is 4.74 Å². The number of carbonyl (C=O) groups excluding carboxylic acids is 1. The van der Waals surface area contributed by atoms with Crippen LogP contribution >= 0.6 is 0 Å². The van der Waals surface area contributed by atoms with E-state index < -0.39 is 5.97 Å². The number of hydrogen-bond acceptors (Lipinski definition) is 3. The third-order valence-corrected chi connectivity index (χ3v) is 4.35. The van der Waals surface area contributed by atoms with Crippen LogP contribution in [0.4, 0.5) is 4.39 Å². The van der Waals surface area contributed by atoms with Gasteiger partial charge < -0.3 is 4.74 Å². The van der Waals surface area contributed by atoms with Crippen molar-refractivity contribution in [2.24, 2.45) is 0 Å². The highest BCUT2D eigenvalue weighted by Crippen LogP contribution is 2.35. The SMILES string of the molecule is CCC/C=C/c1c(C)nc(C(C)C)c(C(=O)OCC)c1-c1ccc(F)cc1. The van der Waals surface area contributed by atoms with Gasteiger partial charge in [-0.3, -0.25) is 4.98 Å². The summed E-state index contributed by atoms with van der Waals surface area (Å²) >= 11 is 0. The number of rotatable bonds is 7. The number of pyridine rings is 1. The molecule has 144 valence electrons. The van der Waals surface area contributed by atoms with Crippen molar-refractivity contribution in [1.29, 1.82) is 0 Å². The van der Waals surface area contributed by atoms with E-state index in [2.05, 4.69) is 13.0 Å². The molecule has 0 saturated carbocycles. The number of benzene rings is 1. The van der Waals surface area contributed by atoms with Crippen LogP contribution in [0.2, 0.25) is 0 Å². The normalized spacial score (nSPS) is 11.4. The molecule has 0 amide bonds. The summed E-state index contributed by atoms with van der Waals surface area (Å²) in [5.41, 5.74) is 4.44. The Kier molecular flexibility index (Phi) is 7.28. The third-order valence-electron chi connectivity index (χ3n) is 4.35. The molecule has 3 nitrogen and oxygen atoms in total. The van der Waals surface area contributed by atoms with Gasteiger partial charge in [0.15, 0.2) is 0 Å². The van der Waals surface area contributed by atoms with Crippen LogP contribution in [0.5, 0.6) is 0 Å². The van der Waals surface area contributed by atoms with E-state index in [1.54, 1.807) is 19.1 Å². The summed E-state index contributed by atoms with van der Waals surface area (Å²) in [7, 11) is 0. The number of nitrogens with zero attached hydrogens (tertiary/aromatic N) is 1. The monoisotopic (exact) mass is 369 g/mol. The maximum atomic E-state index is 13.5. The van der Waals surface area contributed by atoms with Gasteiger partial charge in [0.2, 0.25) is 0 Å². The van der Waals surface area contributed by atoms with Gasteiger partial charge in [-0.05, 0) is 43.9 Å². The standard InChI is InChI=1S/C23H28FNO2/c1-6-8-9-10-19-16(5)25-22(15(3)4)21(23(26)27-7-2)20(19)17-11-13-18(24)14-12-17/h9-15H,6-8H2,1-5H3/b10-9+. The molecular formula is C23H28FNO2. The highest BCUT2D eigenvalue weighted by Gasteiger charge is 2.25. The Morgan fingerprint density at radius 1 is 1.22 bits per heavy atom. The summed E-state index contributed by atoms with van der Waals surface area (Å²) in [6.45, 7) is 10.1. The quantitative estimate of drug-likeness (QED) is 0.537. The Hall–Kier alpha value is -2.49. The van der Waals surface area contributed by atoms with Crippen molar-refractivity contribution >= 4 is 12.0 Å². The van der Waals surface area contributed by atoms with Gasteiger partial charge in [0.25, 0.3) is 0 Å². The van der Waals surface area contributed by atoms with Crippen LogP contribution in [0, 0.1) is 12.7 Å². The number of aromatic nitrogens is 1.